The van der Waals surface area contributed by atoms with Crippen molar-refractivity contribution in [3.63, 3.8) is 0 Å². The number of morpholine rings is 1. The summed E-state index contributed by atoms with van der Waals surface area (Å²) in [7, 11) is 0. The molecule has 1 aromatic rings. The predicted octanol–water partition coefficient (Wildman–Crippen LogP) is 1.52. The zero-order chi connectivity index (χ0) is 10.5. The number of nitrogens with zero attached hydrogens (tertiary/aromatic N) is 2. The summed E-state index contributed by atoms with van der Waals surface area (Å²) in [6.07, 6.45) is 1.82. The Kier molecular flexibility index (Phi) is 3.94. The van der Waals surface area contributed by atoms with Gasteiger partial charge < -0.3 is 4.74 Å². The molecule has 2 heterocycles. The van der Waals surface area contributed by atoms with E-state index in [0.717, 1.165) is 32.0 Å². The average Bonchev–Trinajstić information content (AvgIpc) is 2.31. The van der Waals surface area contributed by atoms with Gasteiger partial charge in [0.25, 0.3) is 0 Å². The van der Waals surface area contributed by atoms with Gasteiger partial charge in [0.2, 0.25) is 0 Å². The first-order valence-corrected chi connectivity index (χ1v) is 5.71. The van der Waals surface area contributed by atoms with E-state index in [1.54, 1.807) is 0 Å². The fourth-order valence-electron chi connectivity index (χ4n) is 1.74. The first-order chi connectivity index (χ1) is 7.40. The second-order valence-corrected chi connectivity index (χ2v) is 3.98. The number of rotatable bonds is 3. The predicted molar refractivity (Wildman–Crippen MR) is 60.0 cm³/mol. The number of hydrogen-bond acceptors (Lipinski definition) is 3. The van der Waals surface area contributed by atoms with E-state index < -0.39 is 0 Å². The molecule has 1 saturated heterocycles. The molecule has 4 heteroatoms. The lowest BCUT2D eigenvalue weighted by Crippen LogP contribution is -2.46. The van der Waals surface area contributed by atoms with Gasteiger partial charge in [-0.05, 0) is 12.1 Å². The van der Waals surface area contributed by atoms with Gasteiger partial charge in [0.05, 0.1) is 18.9 Å². The SMILES string of the molecule is ClCC1COCCN1Cc1ccccn1. The van der Waals surface area contributed by atoms with Crippen LogP contribution in [0.2, 0.25) is 0 Å². The maximum Gasteiger partial charge on any atom is 0.0634 e. The molecule has 1 fully saturated rings. The number of ether oxygens (including phenoxy) is 1. The Morgan fingerprint density at radius 3 is 3.20 bits per heavy atom. The fourth-order valence-corrected chi connectivity index (χ4v) is 2.02. The Balaban J connectivity index is 1.97. The van der Waals surface area contributed by atoms with Crippen LogP contribution in [-0.4, -0.2) is 41.6 Å². The molecule has 82 valence electrons. The quantitative estimate of drug-likeness (QED) is 0.731. The van der Waals surface area contributed by atoms with Crippen LogP contribution in [0.3, 0.4) is 0 Å². The molecule has 0 N–H and O–H groups in total. The van der Waals surface area contributed by atoms with Crippen molar-refractivity contribution >= 4 is 11.6 Å². The van der Waals surface area contributed by atoms with Gasteiger partial charge in [0.1, 0.15) is 0 Å². The molecule has 0 spiro atoms. The lowest BCUT2D eigenvalue weighted by molar-refractivity contribution is -0.00357. The highest BCUT2D eigenvalue weighted by atomic mass is 35.5. The van der Waals surface area contributed by atoms with Gasteiger partial charge in [-0.1, -0.05) is 6.07 Å². The molecule has 2 rings (SSSR count). The molecular formula is C11H15ClN2O. The van der Waals surface area contributed by atoms with E-state index in [0.29, 0.717) is 11.9 Å². The summed E-state index contributed by atoms with van der Waals surface area (Å²) in [5, 5.41) is 0. The van der Waals surface area contributed by atoms with Crippen molar-refractivity contribution in [2.75, 3.05) is 25.6 Å². The third kappa shape index (κ3) is 2.91. The van der Waals surface area contributed by atoms with Gasteiger partial charge in [-0.3, -0.25) is 9.88 Å². The minimum absolute atomic E-state index is 0.322. The van der Waals surface area contributed by atoms with Crippen LogP contribution in [0.15, 0.2) is 24.4 Å². The van der Waals surface area contributed by atoms with Gasteiger partial charge in [-0.15, -0.1) is 11.6 Å². The Labute approximate surface area is 95.0 Å². The summed E-state index contributed by atoms with van der Waals surface area (Å²) in [5.41, 5.74) is 1.09. The summed E-state index contributed by atoms with van der Waals surface area (Å²) in [4.78, 5) is 6.65. The summed E-state index contributed by atoms with van der Waals surface area (Å²) in [6.45, 7) is 3.33. The second-order valence-electron chi connectivity index (χ2n) is 3.67. The van der Waals surface area contributed by atoms with Gasteiger partial charge in [-0.25, -0.2) is 0 Å². The lowest BCUT2D eigenvalue weighted by atomic mass is 10.2. The molecule has 0 bridgehead atoms. The molecule has 0 radical (unpaired) electrons. The first kappa shape index (κ1) is 10.9. The zero-order valence-corrected chi connectivity index (χ0v) is 9.36. The lowest BCUT2D eigenvalue weighted by Gasteiger charge is -2.34. The standard InChI is InChI=1S/C11H15ClN2O/c12-7-11-9-15-6-5-14(11)8-10-3-1-2-4-13-10/h1-4,11H,5-9H2. The van der Waals surface area contributed by atoms with Gasteiger partial charge in [0.15, 0.2) is 0 Å². The maximum absolute atomic E-state index is 5.90. The van der Waals surface area contributed by atoms with E-state index in [1.807, 2.05) is 24.4 Å². The van der Waals surface area contributed by atoms with Gasteiger partial charge in [-0.2, -0.15) is 0 Å². The van der Waals surface area contributed by atoms with Crippen LogP contribution in [-0.2, 0) is 11.3 Å². The molecule has 0 amide bonds. The minimum Gasteiger partial charge on any atom is -0.378 e. The first-order valence-electron chi connectivity index (χ1n) is 5.18. The second kappa shape index (κ2) is 5.45. The third-order valence-electron chi connectivity index (χ3n) is 2.62. The number of alkyl halides is 1. The molecule has 0 aromatic carbocycles. The molecule has 1 unspecified atom stereocenters. The minimum atomic E-state index is 0.322. The average molecular weight is 227 g/mol. The van der Waals surface area contributed by atoms with E-state index in [9.17, 15) is 0 Å². The van der Waals surface area contributed by atoms with Crippen molar-refractivity contribution in [2.45, 2.75) is 12.6 Å². The molecule has 1 aromatic heterocycles. The molecule has 1 aliphatic heterocycles. The number of aromatic nitrogens is 1. The zero-order valence-electron chi connectivity index (χ0n) is 8.60. The molecule has 1 aliphatic rings. The van der Waals surface area contributed by atoms with E-state index in [-0.39, 0.29) is 0 Å². The summed E-state index contributed by atoms with van der Waals surface area (Å²) < 4.78 is 5.39. The van der Waals surface area contributed by atoms with Crippen LogP contribution < -0.4 is 0 Å². The fraction of sp³-hybridized carbons (Fsp3) is 0.545. The Hall–Kier alpha value is -0.640. The van der Waals surface area contributed by atoms with Crippen LogP contribution in [0, 0.1) is 0 Å². The number of pyridine rings is 1. The third-order valence-corrected chi connectivity index (χ3v) is 2.98. The smallest absolute Gasteiger partial charge is 0.0634 e. The molecule has 0 aliphatic carbocycles. The Morgan fingerprint density at radius 2 is 2.47 bits per heavy atom. The van der Waals surface area contributed by atoms with Crippen LogP contribution in [0.4, 0.5) is 0 Å². The Morgan fingerprint density at radius 1 is 1.53 bits per heavy atom. The molecule has 1 atom stereocenters. The normalized spacial score (nSPS) is 22.9. The summed E-state index contributed by atoms with van der Waals surface area (Å²) in [6, 6.07) is 6.31. The summed E-state index contributed by atoms with van der Waals surface area (Å²) >= 11 is 5.90. The molecule has 0 saturated carbocycles. The van der Waals surface area contributed by atoms with Crippen LogP contribution in [0.5, 0.6) is 0 Å². The maximum atomic E-state index is 5.90. The number of hydrogen-bond donors (Lipinski definition) is 0. The van der Waals surface area contributed by atoms with E-state index in [2.05, 4.69) is 9.88 Å². The van der Waals surface area contributed by atoms with Gasteiger partial charge in [0, 0.05) is 31.2 Å². The highest BCUT2D eigenvalue weighted by molar-refractivity contribution is 6.18. The molecular weight excluding hydrogens is 212 g/mol. The van der Waals surface area contributed by atoms with E-state index in [1.165, 1.54) is 0 Å². The van der Waals surface area contributed by atoms with E-state index in [4.69, 9.17) is 16.3 Å². The highest BCUT2D eigenvalue weighted by Gasteiger charge is 2.22. The van der Waals surface area contributed by atoms with Crippen molar-refractivity contribution in [2.24, 2.45) is 0 Å². The van der Waals surface area contributed by atoms with E-state index >= 15 is 0 Å². The largest absolute Gasteiger partial charge is 0.378 e. The van der Waals surface area contributed by atoms with Gasteiger partial charge >= 0.3 is 0 Å². The molecule has 15 heavy (non-hydrogen) atoms. The number of halogens is 1. The van der Waals surface area contributed by atoms with Crippen molar-refractivity contribution < 1.29 is 4.74 Å². The van der Waals surface area contributed by atoms with Crippen molar-refractivity contribution in [3.8, 4) is 0 Å². The Bertz CT molecular complexity index is 294. The van der Waals surface area contributed by atoms with Crippen molar-refractivity contribution in [1.82, 2.24) is 9.88 Å². The summed E-state index contributed by atoms with van der Waals surface area (Å²) in [5.74, 6) is 0.618. The van der Waals surface area contributed by atoms with Crippen LogP contribution >= 0.6 is 11.6 Å². The monoisotopic (exact) mass is 226 g/mol. The van der Waals surface area contributed by atoms with Crippen molar-refractivity contribution in [1.29, 1.82) is 0 Å². The van der Waals surface area contributed by atoms with Crippen LogP contribution in [0.1, 0.15) is 5.69 Å². The van der Waals surface area contributed by atoms with Crippen LogP contribution in [0.25, 0.3) is 0 Å². The molecule has 3 nitrogen and oxygen atoms in total. The van der Waals surface area contributed by atoms with Crippen molar-refractivity contribution in [3.05, 3.63) is 30.1 Å². The topological polar surface area (TPSA) is 25.4 Å². The highest BCUT2D eigenvalue weighted by Crippen LogP contribution is 2.11.